The van der Waals surface area contributed by atoms with Crippen molar-refractivity contribution >= 4 is 17.3 Å². The van der Waals surface area contributed by atoms with E-state index < -0.39 is 0 Å². The van der Waals surface area contributed by atoms with Gasteiger partial charge in [-0.2, -0.15) is 5.26 Å². The second-order valence-electron chi connectivity index (χ2n) is 4.48. The van der Waals surface area contributed by atoms with Gasteiger partial charge in [0.25, 0.3) is 0 Å². The zero-order valence-corrected chi connectivity index (χ0v) is 10.4. The Balaban J connectivity index is 2.26. The first kappa shape index (κ1) is 12.2. The molecule has 0 saturated carbocycles. The number of nitriles is 1. The lowest BCUT2D eigenvalue weighted by molar-refractivity contribution is -0.127. The van der Waals surface area contributed by atoms with Gasteiger partial charge in [0.05, 0.1) is 29.6 Å². The molecule has 0 unspecified atom stereocenters. The Kier molecular flexibility index (Phi) is 3.38. The van der Waals surface area contributed by atoms with Gasteiger partial charge in [0, 0.05) is 20.1 Å². The first-order valence-corrected chi connectivity index (χ1v) is 5.90. The lowest BCUT2D eigenvalue weighted by Gasteiger charge is -2.23. The molecule has 18 heavy (non-hydrogen) atoms. The van der Waals surface area contributed by atoms with E-state index in [9.17, 15) is 4.79 Å². The summed E-state index contributed by atoms with van der Waals surface area (Å²) in [4.78, 5) is 15.5. The molecule has 1 aliphatic rings. The van der Waals surface area contributed by atoms with E-state index >= 15 is 0 Å². The molecule has 1 amide bonds. The van der Waals surface area contributed by atoms with E-state index in [4.69, 9.17) is 11.0 Å². The van der Waals surface area contributed by atoms with E-state index in [1.807, 2.05) is 18.0 Å². The van der Waals surface area contributed by atoms with Crippen LogP contribution in [0.25, 0.3) is 0 Å². The summed E-state index contributed by atoms with van der Waals surface area (Å²) >= 11 is 0. The van der Waals surface area contributed by atoms with Crippen LogP contribution in [0.1, 0.15) is 12.0 Å². The number of hydrogen-bond acceptors (Lipinski definition) is 4. The lowest BCUT2D eigenvalue weighted by Crippen LogP contribution is -2.34. The molecule has 1 saturated heterocycles. The molecular formula is C13H16N4O. The normalized spacial score (nSPS) is 16.3. The van der Waals surface area contributed by atoms with Crippen molar-refractivity contribution in [3.63, 3.8) is 0 Å². The molecule has 1 aliphatic heterocycles. The van der Waals surface area contributed by atoms with Gasteiger partial charge < -0.3 is 15.5 Å². The largest absolute Gasteiger partial charge is 0.397 e. The molecule has 0 aliphatic carbocycles. The van der Waals surface area contributed by atoms with Crippen LogP contribution in [0.5, 0.6) is 0 Å². The molecular weight excluding hydrogens is 228 g/mol. The van der Waals surface area contributed by atoms with Crippen molar-refractivity contribution in [1.29, 1.82) is 5.26 Å². The summed E-state index contributed by atoms with van der Waals surface area (Å²) in [5.41, 5.74) is 7.86. The van der Waals surface area contributed by atoms with Crippen LogP contribution in [0, 0.1) is 11.3 Å². The summed E-state index contributed by atoms with van der Waals surface area (Å²) in [5.74, 6) is 0.0938. The van der Waals surface area contributed by atoms with Gasteiger partial charge in [-0.25, -0.2) is 0 Å². The lowest BCUT2D eigenvalue weighted by atomic mass is 10.1. The smallest absolute Gasteiger partial charge is 0.241 e. The van der Waals surface area contributed by atoms with Gasteiger partial charge in [0.15, 0.2) is 0 Å². The highest BCUT2D eigenvalue weighted by atomic mass is 16.2. The maximum Gasteiger partial charge on any atom is 0.241 e. The highest BCUT2D eigenvalue weighted by Crippen LogP contribution is 2.25. The second kappa shape index (κ2) is 4.96. The minimum atomic E-state index is 0.0938. The molecule has 2 N–H and O–H groups in total. The number of carbonyl (C=O) groups excluding carboxylic acids is 1. The van der Waals surface area contributed by atoms with Crippen LogP contribution < -0.4 is 10.6 Å². The number of anilines is 2. The van der Waals surface area contributed by atoms with Crippen molar-refractivity contribution in [1.82, 2.24) is 4.90 Å². The Labute approximate surface area is 106 Å². The van der Waals surface area contributed by atoms with Gasteiger partial charge in [-0.15, -0.1) is 0 Å². The summed E-state index contributed by atoms with van der Waals surface area (Å²) in [5, 5.41) is 8.81. The number of carbonyl (C=O) groups is 1. The Morgan fingerprint density at radius 2 is 2.17 bits per heavy atom. The third-order valence-electron chi connectivity index (χ3n) is 3.17. The molecule has 2 rings (SSSR count). The van der Waals surface area contributed by atoms with Crippen molar-refractivity contribution in [2.45, 2.75) is 6.42 Å². The molecule has 1 fully saturated rings. The van der Waals surface area contributed by atoms with Gasteiger partial charge in [0.2, 0.25) is 5.91 Å². The van der Waals surface area contributed by atoms with Crippen LogP contribution in [0.3, 0.4) is 0 Å². The Morgan fingerprint density at radius 3 is 2.83 bits per heavy atom. The number of hydrogen-bond donors (Lipinski definition) is 1. The molecule has 0 aromatic heterocycles. The SMILES string of the molecule is CN1CCCN(c2ccc(C#N)cc2N)CC1=O. The zero-order valence-electron chi connectivity index (χ0n) is 10.4. The standard InChI is InChI=1S/C13H16N4O/c1-16-5-2-6-17(9-13(16)18)12-4-3-10(8-14)7-11(12)15/h3-4,7H,2,5-6,9,15H2,1H3. The van der Waals surface area contributed by atoms with Gasteiger partial charge in [-0.1, -0.05) is 0 Å². The predicted molar refractivity (Wildman–Crippen MR) is 70.0 cm³/mol. The molecule has 5 nitrogen and oxygen atoms in total. The maximum atomic E-state index is 11.8. The van der Waals surface area contributed by atoms with Gasteiger partial charge >= 0.3 is 0 Å². The van der Waals surface area contributed by atoms with E-state index in [0.717, 1.165) is 25.2 Å². The first-order chi connectivity index (χ1) is 8.61. The molecule has 0 radical (unpaired) electrons. The van der Waals surface area contributed by atoms with E-state index in [2.05, 4.69) is 6.07 Å². The van der Waals surface area contributed by atoms with Crippen LogP contribution >= 0.6 is 0 Å². The number of likely N-dealkylation sites (N-methyl/N-ethyl adjacent to an activating group) is 1. The Hall–Kier alpha value is -2.22. The molecule has 5 heteroatoms. The van der Waals surface area contributed by atoms with E-state index in [1.54, 1.807) is 17.0 Å². The number of rotatable bonds is 1. The first-order valence-electron chi connectivity index (χ1n) is 5.90. The molecule has 0 spiro atoms. The monoisotopic (exact) mass is 244 g/mol. The van der Waals surface area contributed by atoms with Crippen LogP contribution in [0.2, 0.25) is 0 Å². The van der Waals surface area contributed by atoms with Crippen molar-refractivity contribution in [2.75, 3.05) is 37.3 Å². The van der Waals surface area contributed by atoms with Crippen molar-refractivity contribution in [3.8, 4) is 6.07 Å². The van der Waals surface area contributed by atoms with E-state index in [1.165, 1.54) is 0 Å². The molecule has 1 aromatic carbocycles. The zero-order chi connectivity index (χ0) is 13.1. The molecule has 1 heterocycles. The van der Waals surface area contributed by atoms with Gasteiger partial charge in [-0.3, -0.25) is 4.79 Å². The summed E-state index contributed by atoms with van der Waals surface area (Å²) < 4.78 is 0. The van der Waals surface area contributed by atoms with Crippen molar-refractivity contribution in [2.24, 2.45) is 0 Å². The van der Waals surface area contributed by atoms with Crippen LogP contribution in [-0.4, -0.2) is 37.5 Å². The fourth-order valence-electron chi connectivity index (χ4n) is 2.10. The van der Waals surface area contributed by atoms with Gasteiger partial charge in [0.1, 0.15) is 0 Å². The third kappa shape index (κ3) is 2.38. The number of nitrogen functional groups attached to an aromatic ring is 1. The highest BCUT2D eigenvalue weighted by Gasteiger charge is 2.20. The Bertz CT molecular complexity index is 506. The number of nitrogens with two attached hydrogens (primary N) is 1. The fraction of sp³-hybridized carbons (Fsp3) is 0.385. The summed E-state index contributed by atoms with van der Waals surface area (Å²) in [7, 11) is 1.81. The minimum Gasteiger partial charge on any atom is -0.397 e. The summed E-state index contributed by atoms with van der Waals surface area (Å²) in [6.07, 6.45) is 0.918. The summed E-state index contributed by atoms with van der Waals surface area (Å²) in [6.45, 7) is 1.91. The minimum absolute atomic E-state index is 0.0938. The second-order valence-corrected chi connectivity index (χ2v) is 4.48. The van der Waals surface area contributed by atoms with Crippen molar-refractivity contribution in [3.05, 3.63) is 23.8 Å². The maximum absolute atomic E-state index is 11.8. The molecule has 1 aromatic rings. The Morgan fingerprint density at radius 1 is 1.39 bits per heavy atom. The van der Waals surface area contributed by atoms with Gasteiger partial charge in [-0.05, 0) is 24.6 Å². The number of nitrogens with zero attached hydrogens (tertiary/aromatic N) is 3. The predicted octanol–water partition coefficient (Wildman–Crippen LogP) is 0.809. The van der Waals surface area contributed by atoms with E-state index in [-0.39, 0.29) is 5.91 Å². The van der Waals surface area contributed by atoms with Crippen LogP contribution in [0.15, 0.2) is 18.2 Å². The molecule has 0 bridgehead atoms. The topological polar surface area (TPSA) is 73.4 Å². The fourth-order valence-corrected chi connectivity index (χ4v) is 2.10. The van der Waals surface area contributed by atoms with Crippen molar-refractivity contribution < 1.29 is 4.79 Å². The third-order valence-corrected chi connectivity index (χ3v) is 3.17. The average molecular weight is 244 g/mol. The number of benzene rings is 1. The number of amides is 1. The van der Waals surface area contributed by atoms with Crippen LogP contribution in [-0.2, 0) is 4.79 Å². The quantitative estimate of drug-likeness (QED) is 0.742. The highest BCUT2D eigenvalue weighted by molar-refractivity contribution is 5.83. The average Bonchev–Trinajstić information content (AvgIpc) is 2.52. The molecule has 94 valence electrons. The molecule has 0 atom stereocenters. The van der Waals surface area contributed by atoms with Crippen LogP contribution in [0.4, 0.5) is 11.4 Å². The van der Waals surface area contributed by atoms with E-state index in [0.29, 0.717) is 17.8 Å². The summed E-state index contributed by atoms with van der Waals surface area (Å²) in [6, 6.07) is 7.24.